The first kappa shape index (κ1) is 14.7. The van der Waals surface area contributed by atoms with Gasteiger partial charge in [-0.05, 0) is 19.1 Å². The van der Waals surface area contributed by atoms with Crippen LogP contribution < -0.4 is 9.64 Å². The molecule has 1 aromatic carbocycles. The molecule has 1 heterocycles. The molecule has 1 fully saturated rings. The highest BCUT2D eigenvalue weighted by Crippen LogP contribution is 2.28. The van der Waals surface area contributed by atoms with Crippen molar-refractivity contribution in [3.05, 3.63) is 24.3 Å². The average Bonchev–Trinajstić information content (AvgIpc) is 2.47. The molecule has 1 aromatic rings. The van der Waals surface area contributed by atoms with Gasteiger partial charge in [-0.1, -0.05) is 12.1 Å². The molecule has 0 unspecified atom stereocenters. The lowest BCUT2D eigenvalue weighted by Crippen LogP contribution is -2.47. The van der Waals surface area contributed by atoms with Gasteiger partial charge in [0.05, 0.1) is 18.7 Å². The molecule has 2 rings (SSSR count). The Kier molecular flexibility index (Phi) is 5.24. The Bertz CT molecular complexity index is 442. The summed E-state index contributed by atoms with van der Waals surface area (Å²) in [6.45, 7) is 6.89. The van der Waals surface area contributed by atoms with Crippen molar-refractivity contribution in [1.29, 1.82) is 0 Å². The Labute approximate surface area is 119 Å². The topological polar surface area (TPSA) is 53.0 Å². The smallest absolute Gasteiger partial charge is 0.304 e. The van der Waals surface area contributed by atoms with Gasteiger partial charge in [0.2, 0.25) is 0 Å². The number of anilines is 1. The van der Waals surface area contributed by atoms with E-state index in [9.17, 15) is 4.79 Å². The molecule has 0 spiro atoms. The van der Waals surface area contributed by atoms with E-state index in [1.165, 1.54) is 0 Å². The van der Waals surface area contributed by atoms with Crippen LogP contribution in [0, 0.1) is 0 Å². The molecule has 5 heteroatoms. The summed E-state index contributed by atoms with van der Waals surface area (Å²) in [4.78, 5) is 15.1. The molecule has 1 N–H and O–H groups in total. The number of benzene rings is 1. The van der Waals surface area contributed by atoms with Crippen LogP contribution in [0.3, 0.4) is 0 Å². The van der Waals surface area contributed by atoms with E-state index >= 15 is 0 Å². The summed E-state index contributed by atoms with van der Waals surface area (Å²) in [5.41, 5.74) is 1.13. The number of aliphatic carboxylic acids is 1. The number of ether oxygens (including phenoxy) is 1. The van der Waals surface area contributed by atoms with Gasteiger partial charge in [-0.15, -0.1) is 0 Å². The summed E-state index contributed by atoms with van der Waals surface area (Å²) in [6, 6.07) is 8.08. The van der Waals surface area contributed by atoms with Crippen LogP contribution in [0.1, 0.15) is 13.3 Å². The zero-order chi connectivity index (χ0) is 14.4. The van der Waals surface area contributed by atoms with Crippen LogP contribution in [0.5, 0.6) is 5.75 Å². The molecule has 0 amide bonds. The number of nitrogens with zero attached hydrogens (tertiary/aromatic N) is 2. The lowest BCUT2D eigenvalue weighted by atomic mass is 10.2. The molecule has 0 bridgehead atoms. The molecule has 1 aliphatic heterocycles. The minimum atomic E-state index is -0.728. The monoisotopic (exact) mass is 278 g/mol. The molecule has 20 heavy (non-hydrogen) atoms. The maximum absolute atomic E-state index is 10.6. The maximum Gasteiger partial charge on any atom is 0.304 e. The third-order valence-electron chi connectivity index (χ3n) is 3.52. The van der Waals surface area contributed by atoms with Gasteiger partial charge in [0.1, 0.15) is 5.75 Å². The lowest BCUT2D eigenvalue weighted by Gasteiger charge is -2.36. The Hall–Kier alpha value is -1.75. The fourth-order valence-corrected chi connectivity index (χ4v) is 2.46. The van der Waals surface area contributed by atoms with Gasteiger partial charge >= 0.3 is 5.97 Å². The molecule has 1 aliphatic rings. The van der Waals surface area contributed by atoms with Crippen molar-refractivity contribution in [1.82, 2.24) is 4.90 Å². The third-order valence-corrected chi connectivity index (χ3v) is 3.52. The second kappa shape index (κ2) is 7.14. The number of hydrogen-bond acceptors (Lipinski definition) is 4. The van der Waals surface area contributed by atoms with Crippen LogP contribution in [-0.2, 0) is 4.79 Å². The van der Waals surface area contributed by atoms with Crippen molar-refractivity contribution < 1.29 is 14.6 Å². The van der Waals surface area contributed by atoms with Gasteiger partial charge in [-0.2, -0.15) is 0 Å². The number of rotatable bonds is 6. The van der Waals surface area contributed by atoms with Crippen molar-refractivity contribution in [2.24, 2.45) is 0 Å². The number of hydrogen-bond donors (Lipinski definition) is 1. The van der Waals surface area contributed by atoms with E-state index < -0.39 is 5.97 Å². The highest BCUT2D eigenvalue weighted by atomic mass is 16.5. The normalized spacial score (nSPS) is 16.1. The second-order valence-corrected chi connectivity index (χ2v) is 4.87. The zero-order valence-corrected chi connectivity index (χ0v) is 11.9. The lowest BCUT2D eigenvalue weighted by molar-refractivity contribution is -0.137. The summed E-state index contributed by atoms with van der Waals surface area (Å²) >= 11 is 0. The molecule has 5 nitrogen and oxygen atoms in total. The summed E-state index contributed by atoms with van der Waals surface area (Å²) in [6.07, 6.45) is 0.218. The molecule has 0 aliphatic carbocycles. The summed E-state index contributed by atoms with van der Waals surface area (Å²) in [7, 11) is 0. The minimum Gasteiger partial charge on any atom is -0.492 e. The first-order valence-electron chi connectivity index (χ1n) is 7.11. The molecule has 0 radical (unpaired) electrons. The molecular weight excluding hydrogens is 256 g/mol. The number of carboxylic acid groups (broad SMARTS) is 1. The number of carbonyl (C=O) groups is 1. The molecule has 1 saturated heterocycles. The van der Waals surface area contributed by atoms with E-state index in [-0.39, 0.29) is 6.42 Å². The quantitative estimate of drug-likeness (QED) is 0.858. The molecule has 0 aromatic heterocycles. The van der Waals surface area contributed by atoms with Crippen LogP contribution in [0.2, 0.25) is 0 Å². The van der Waals surface area contributed by atoms with Gasteiger partial charge in [0, 0.05) is 32.7 Å². The predicted molar refractivity (Wildman–Crippen MR) is 78.5 cm³/mol. The summed E-state index contributed by atoms with van der Waals surface area (Å²) < 4.78 is 5.66. The molecule has 110 valence electrons. The van der Waals surface area contributed by atoms with E-state index in [0.717, 1.165) is 37.6 Å². The van der Waals surface area contributed by atoms with Gasteiger partial charge in [-0.3, -0.25) is 9.69 Å². The first-order valence-corrected chi connectivity index (χ1v) is 7.11. The summed E-state index contributed by atoms with van der Waals surface area (Å²) in [5, 5.41) is 8.72. The van der Waals surface area contributed by atoms with Gasteiger partial charge in [0.25, 0.3) is 0 Å². The minimum absolute atomic E-state index is 0.218. The van der Waals surface area contributed by atoms with Gasteiger partial charge in [-0.25, -0.2) is 0 Å². The van der Waals surface area contributed by atoms with Crippen LogP contribution in [0.4, 0.5) is 5.69 Å². The van der Waals surface area contributed by atoms with Gasteiger partial charge in [0.15, 0.2) is 0 Å². The Morgan fingerprint density at radius 1 is 1.25 bits per heavy atom. The van der Waals surface area contributed by atoms with Crippen molar-refractivity contribution in [2.45, 2.75) is 13.3 Å². The predicted octanol–water partition coefficient (Wildman–Crippen LogP) is 1.68. The van der Waals surface area contributed by atoms with E-state index in [1.54, 1.807) is 0 Å². The van der Waals surface area contributed by atoms with Crippen molar-refractivity contribution in [2.75, 3.05) is 44.2 Å². The Morgan fingerprint density at radius 3 is 2.60 bits per heavy atom. The van der Waals surface area contributed by atoms with E-state index in [0.29, 0.717) is 13.2 Å². The number of piperazine rings is 1. The highest BCUT2D eigenvalue weighted by molar-refractivity contribution is 5.66. The van der Waals surface area contributed by atoms with Crippen molar-refractivity contribution in [3.8, 4) is 5.75 Å². The van der Waals surface area contributed by atoms with E-state index in [4.69, 9.17) is 9.84 Å². The molecular formula is C15H22N2O3. The first-order chi connectivity index (χ1) is 9.70. The Morgan fingerprint density at radius 2 is 1.95 bits per heavy atom. The second-order valence-electron chi connectivity index (χ2n) is 4.87. The average molecular weight is 278 g/mol. The number of carboxylic acids is 1. The van der Waals surface area contributed by atoms with Crippen LogP contribution >= 0.6 is 0 Å². The molecule has 0 saturated carbocycles. The van der Waals surface area contributed by atoms with E-state index in [2.05, 4.69) is 15.9 Å². The van der Waals surface area contributed by atoms with Crippen LogP contribution in [0.25, 0.3) is 0 Å². The fourth-order valence-electron chi connectivity index (χ4n) is 2.46. The Balaban J connectivity index is 1.92. The van der Waals surface area contributed by atoms with E-state index in [1.807, 2.05) is 25.1 Å². The van der Waals surface area contributed by atoms with Crippen LogP contribution in [-0.4, -0.2) is 55.3 Å². The standard InChI is InChI=1S/C15H22N2O3/c1-2-20-14-6-4-3-5-13(14)17-11-9-16(10-12-17)8-7-15(18)19/h3-6H,2,7-12H2,1H3,(H,18,19). The highest BCUT2D eigenvalue weighted by Gasteiger charge is 2.19. The third kappa shape index (κ3) is 3.87. The van der Waals surface area contributed by atoms with Crippen LogP contribution in [0.15, 0.2) is 24.3 Å². The van der Waals surface area contributed by atoms with Gasteiger partial charge < -0.3 is 14.7 Å². The van der Waals surface area contributed by atoms with Crippen molar-refractivity contribution >= 4 is 11.7 Å². The maximum atomic E-state index is 10.6. The zero-order valence-electron chi connectivity index (χ0n) is 11.9. The largest absolute Gasteiger partial charge is 0.492 e. The summed E-state index contributed by atoms with van der Waals surface area (Å²) in [5.74, 6) is 0.197. The SMILES string of the molecule is CCOc1ccccc1N1CCN(CCC(=O)O)CC1. The number of para-hydroxylation sites is 2. The fraction of sp³-hybridized carbons (Fsp3) is 0.533. The van der Waals surface area contributed by atoms with Crippen molar-refractivity contribution in [3.63, 3.8) is 0 Å². The molecule has 0 atom stereocenters.